The zero-order valence-electron chi connectivity index (χ0n) is 9.01. The second-order valence-electron chi connectivity index (χ2n) is 3.65. The average Bonchev–Trinajstić information content (AvgIpc) is 2.19. The summed E-state index contributed by atoms with van der Waals surface area (Å²) in [5, 5.41) is 3.21. The molecule has 0 aromatic rings. The van der Waals surface area contributed by atoms with Crippen LogP contribution in [-0.2, 0) is 9.53 Å². The van der Waals surface area contributed by atoms with Crippen LogP contribution in [0.4, 0.5) is 0 Å². The molecule has 0 spiro atoms. The van der Waals surface area contributed by atoms with Gasteiger partial charge in [0.25, 0.3) is 0 Å². The van der Waals surface area contributed by atoms with Gasteiger partial charge in [0.05, 0.1) is 6.61 Å². The largest absolute Gasteiger partial charge is 0.490 e. The molecule has 0 bridgehead atoms. The Morgan fingerprint density at radius 3 is 3.07 bits per heavy atom. The highest BCUT2D eigenvalue weighted by Crippen LogP contribution is 2.12. The van der Waals surface area contributed by atoms with Gasteiger partial charge >= 0.3 is 0 Å². The molecule has 1 unspecified atom stereocenters. The van der Waals surface area contributed by atoms with E-state index in [0.717, 1.165) is 19.4 Å². The number of hydrogen-bond donors (Lipinski definition) is 1. The van der Waals surface area contributed by atoms with E-state index in [2.05, 4.69) is 5.32 Å². The maximum atomic E-state index is 11.7. The molecular weight excluding hydrogens is 178 g/mol. The van der Waals surface area contributed by atoms with Gasteiger partial charge in [-0.05, 0) is 32.4 Å². The summed E-state index contributed by atoms with van der Waals surface area (Å²) in [5.74, 6) is 0.694. The van der Waals surface area contributed by atoms with Crippen molar-refractivity contribution in [3.63, 3.8) is 0 Å². The van der Waals surface area contributed by atoms with Gasteiger partial charge in [0.1, 0.15) is 0 Å². The molecule has 1 N–H and O–H groups in total. The molecule has 1 rings (SSSR count). The van der Waals surface area contributed by atoms with Crippen LogP contribution in [0.2, 0.25) is 0 Å². The predicted molar refractivity (Wildman–Crippen MR) is 56.0 cm³/mol. The number of rotatable bonds is 5. The van der Waals surface area contributed by atoms with Gasteiger partial charge in [0.2, 0.25) is 0 Å². The Hall–Kier alpha value is -0.830. The van der Waals surface area contributed by atoms with E-state index in [1.807, 2.05) is 19.9 Å². The summed E-state index contributed by atoms with van der Waals surface area (Å²) in [4.78, 5) is 11.7. The third kappa shape index (κ3) is 3.50. The van der Waals surface area contributed by atoms with Crippen molar-refractivity contribution in [1.82, 2.24) is 5.32 Å². The van der Waals surface area contributed by atoms with E-state index in [4.69, 9.17) is 4.74 Å². The molecule has 0 amide bonds. The van der Waals surface area contributed by atoms with Gasteiger partial charge in [-0.1, -0.05) is 6.92 Å². The van der Waals surface area contributed by atoms with Crippen molar-refractivity contribution in [1.29, 1.82) is 0 Å². The minimum absolute atomic E-state index is 0.123. The molecule has 0 radical (unpaired) electrons. The van der Waals surface area contributed by atoms with E-state index in [1.165, 1.54) is 0 Å². The van der Waals surface area contributed by atoms with E-state index in [0.29, 0.717) is 18.8 Å². The maximum Gasteiger partial charge on any atom is 0.198 e. The highest BCUT2D eigenvalue weighted by molar-refractivity contribution is 5.93. The van der Waals surface area contributed by atoms with Crippen LogP contribution in [0, 0.1) is 0 Å². The van der Waals surface area contributed by atoms with Crippen LogP contribution in [0.3, 0.4) is 0 Å². The number of ketones is 1. The van der Waals surface area contributed by atoms with Crippen molar-refractivity contribution in [3.8, 4) is 0 Å². The quantitative estimate of drug-likeness (QED) is 0.728. The van der Waals surface area contributed by atoms with E-state index in [1.54, 1.807) is 0 Å². The summed E-state index contributed by atoms with van der Waals surface area (Å²) < 4.78 is 5.30. The number of Topliss-reactive ketones (excluding diaryl/α,β-unsaturated/α-hetero) is 1. The molecule has 1 heterocycles. The smallest absolute Gasteiger partial charge is 0.198 e. The van der Waals surface area contributed by atoms with Gasteiger partial charge in [0.15, 0.2) is 11.5 Å². The highest BCUT2D eigenvalue weighted by atomic mass is 16.5. The first-order valence-corrected chi connectivity index (χ1v) is 5.33. The molecule has 3 nitrogen and oxygen atoms in total. The fraction of sp³-hybridized carbons (Fsp3) is 0.727. The lowest BCUT2D eigenvalue weighted by Gasteiger charge is -2.16. The third-order valence-electron chi connectivity index (χ3n) is 2.25. The molecular formula is C11H19NO2. The van der Waals surface area contributed by atoms with Crippen LogP contribution in [0.15, 0.2) is 11.8 Å². The first-order valence-electron chi connectivity index (χ1n) is 5.33. The predicted octanol–water partition coefficient (Wildman–Crippen LogP) is 1.64. The van der Waals surface area contributed by atoms with Crippen molar-refractivity contribution in [2.45, 2.75) is 39.2 Å². The molecule has 0 aliphatic carbocycles. The Bertz CT molecular complexity index is 223. The topological polar surface area (TPSA) is 38.3 Å². The Labute approximate surface area is 85.5 Å². The molecule has 0 saturated heterocycles. The van der Waals surface area contributed by atoms with Crippen molar-refractivity contribution in [2.75, 3.05) is 13.2 Å². The van der Waals surface area contributed by atoms with Crippen LogP contribution in [0.5, 0.6) is 0 Å². The third-order valence-corrected chi connectivity index (χ3v) is 2.25. The molecule has 1 atom stereocenters. The first kappa shape index (κ1) is 11.2. The molecule has 0 fully saturated rings. The second kappa shape index (κ2) is 5.81. The van der Waals surface area contributed by atoms with Crippen molar-refractivity contribution in [2.24, 2.45) is 0 Å². The maximum absolute atomic E-state index is 11.7. The Kier molecular flexibility index (Phi) is 4.66. The van der Waals surface area contributed by atoms with E-state index in [9.17, 15) is 4.79 Å². The summed E-state index contributed by atoms with van der Waals surface area (Å²) >= 11 is 0. The fourth-order valence-electron chi connectivity index (χ4n) is 1.55. The SMILES string of the molecule is CCNC(C)CC(=O)C1=CCCCO1. The van der Waals surface area contributed by atoms with Crippen LogP contribution in [-0.4, -0.2) is 25.0 Å². The molecule has 3 heteroatoms. The molecule has 0 aromatic heterocycles. The van der Waals surface area contributed by atoms with Crippen LogP contribution in [0.1, 0.15) is 33.1 Å². The number of ether oxygens (including phenoxy) is 1. The normalized spacial score (nSPS) is 18.3. The average molecular weight is 197 g/mol. The highest BCUT2D eigenvalue weighted by Gasteiger charge is 2.16. The molecule has 1 aliphatic heterocycles. The van der Waals surface area contributed by atoms with Crippen LogP contribution >= 0.6 is 0 Å². The molecule has 0 aromatic carbocycles. The van der Waals surface area contributed by atoms with E-state index in [-0.39, 0.29) is 11.8 Å². The van der Waals surface area contributed by atoms with Crippen molar-refractivity contribution >= 4 is 5.78 Å². The molecule has 14 heavy (non-hydrogen) atoms. The number of nitrogens with one attached hydrogen (secondary N) is 1. The van der Waals surface area contributed by atoms with Gasteiger partial charge in [-0.2, -0.15) is 0 Å². The summed E-state index contributed by atoms with van der Waals surface area (Å²) in [6.45, 7) is 5.64. The van der Waals surface area contributed by atoms with Crippen LogP contribution in [0.25, 0.3) is 0 Å². The fourth-order valence-corrected chi connectivity index (χ4v) is 1.55. The van der Waals surface area contributed by atoms with Crippen molar-refractivity contribution in [3.05, 3.63) is 11.8 Å². The lowest BCUT2D eigenvalue weighted by molar-refractivity contribution is -0.119. The monoisotopic (exact) mass is 197 g/mol. The summed E-state index contributed by atoms with van der Waals surface area (Å²) in [6, 6.07) is 0.235. The van der Waals surface area contributed by atoms with Gasteiger partial charge in [0, 0.05) is 12.5 Å². The van der Waals surface area contributed by atoms with Gasteiger partial charge in [-0.25, -0.2) is 0 Å². The number of allylic oxidation sites excluding steroid dienone is 2. The second-order valence-corrected chi connectivity index (χ2v) is 3.65. The number of carbonyl (C=O) groups excluding carboxylic acids is 1. The Morgan fingerprint density at radius 2 is 2.50 bits per heavy atom. The molecule has 0 saturated carbocycles. The van der Waals surface area contributed by atoms with Gasteiger partial charge < -0.3 is 10.1 Å². The standard InChI is InChI=1S/C11H19NO2/c1-3-12-9(2)8-10(13)11-6-4-5-7-14-11/h6,9,12H,3-5,7-8H2,1-2H3. The molecule has 80 valence electrons. The zero-order valence-corrected chi connectivity index (χ0v) is 9.01. The van der Waals surface area contributed by atoms with E-state index < -0.39 is 0 Å². The number of hydrogen-bond acceptors (Lipinski definition) is 3. The van der Waals surface area contributed by atoms with Crippen molar-refractivity contribution < 1.29 is 9.53 Å². The summed E-state index contributed by atoms with van der Waals surface area (Å²) in [6.07, 6.45) is 4.43. The minimum Gasteiger partial charge on any atom is -0.490 e. The summed E-state index contributed by atoms with van der Waals surface area (Å²) in [5.41, 5.74) is 0. The summed E-state index contributed by atoms with van der Waals surface area (Å²) in [7, 11) is 0. The molecule has 1 aliphatic rings. The van der Waals surface area contributed by atoms with Gasteiger partial charge in [-0.3, -0.25) is 4.79 Å². The van der Waals surface area contributed by atoms with Crippen LogP contribution < -0.4 is 5.32 Å². The zero-order chi connectivity index (χ0) is 10.4. The number of carbonyl (C=O) groups is 1. The minimum atomic E-state index is 0.123. The lowest BCUT2D eigenvalue weighted by Crippen LogP contribution is -2.29. The van der Waals surface area contributed by atoms with Gasteiger partial charge in [-0.15, -0.1) is 0 Å². The lowest BCUT2D eigenvalue weighted by atomic mass is 10.1. The van der Waals surface area contributed by atoms with E-state index >= 15 is 0 Å². The Balaban J connectivity index is 2.37. The Morgan fingerprint density at radius 1 is 1.71 bits per heavy atom. The first-order chi connectivity index (χ1) is 6.74.